The molecular formula is C26H43NO2S. The second-order valence-corrected chi connectivity index (χ2v) is 9.77. The van der Waals surface area contributed by atoms with Crippen molar-refractivity contribution < 1.29 is 9.59 Å². The van der Waals surface area contributed by atoms with E-state index in [-0.39, 0.29) is 23.0 Å². The van der Waals surface area contributed by atoms with Crippen LogP contribution in [0.25, 0.3) is 0 Å². The molecule has 1 aromatic rings. The van der Waals surface area contributed by atoms with Crippen LogP contribution in [0.3, 0.4) is 0 Å². The van der Waals surface area contributed by atoms with E-state index in [9.17, 15) is 9.59 Å². The Morgan fingerprint density at radius 3 is 1.90 bits per heavy atom. The van der Waals surface area contributed by atoms with E-state index in [2.05, 4.69) is 6.92 Å². The Hall–Kier alpha value is -1.29. The molecule has 170 valence electrons. The number of nitrogens with zero attached hydrogens (tertiary/aromatic N) is 1. The van der Waals surface area contributed by atoms with E-state index in [1.165, 1.54) is 69.5 Å². The molecule has 0 heterocycles. The van der Waals surface area contributed by atoms with Crippen molar-refractivity contribution in [1.82, 2.24) is 4.90 Å². The molecule has 30 heavy (non-hydrogen) atoms. The maximum atomic E-state index is 13.0. The lowest BCUT2D eigenvalue weighted by atomic mass is 10.0. The molecule has 0 radical (unpaired) electrons. The van der Waals surface area contributed by atoms with Crippen LogP contribution in [0.4, 0.5) is 0 Å². The van der Waals surface area contributed by atoms with Gasteiger partial charge in [-0.1, -0.05) is 121 Å². The molecule has 0 bridgehead atoms. The predicted octanol–water partition coefficient (Wildman–Crippen LogP) is 7.24. The summed E-state index contributed by atoms with van der Waals surface area (Å²) in [6.07, 6.45) is 13.0. The standard InChI is InChI=1S/C26H43NO2S/c1-5-6-7-8-9-10-11-12-13-17-20-30-26(29)25(22(2)3)27(23(4)28)21-24-18-15-14-16-19-24/h14-16,18-19,22,25H,5-13,17,20-21H2,1-4H3. The van der Waals surface area contributed by atoms with E-state index in [1.807, 2.05) is 44.2 Å². The molecule has 1 amide bonds. The van der Waals surface area contributed by atoms with Gasteiger partial charge in [-0.05, 0) is 17.9 Å². The first-order valence-corrected chi connectivity index (χ1v) is 12.9. The van der Waals surface area contributed by atoms with E-state index >= 15 is 0 Å². The van der Waals surface area contributed by atoms with Gasteiger partial charge >= 0.3 is 0 Å². The monoisotopic (exact) mass is 433 g/mol. The normalized spacial score (nSPS) is 12.2. The van der Waals surface area contributed by atoms with Crippen molar-refractivity contribution >= 4 is 22.8 Å². The number of rotatable bonds is 16. The number of benzene rings is 1. The Bertz CT molecular complexity index is 588. The summed E-state index contributed by atoms with van der Waals surface area (Å²) in [5, 5.41) is 0.132. The van der Waals surface area contributed by atoms with E-state index in [4.69, 9.17) is 0 Å². The van der Waals surface area contributed by atoms with Crippen LogP contribution in [0.5, 0.6) is 0 Å². The minimum atomic E-state index is -0.365. The Morgan fingerprint density at radius 2 is 1.40 bits per heavy atom. The lowest BCUT2D eigenvalue weighted by molar-refractivity contribution is -0.137. The van der Waals surface area contributed by atoms with Crippen LogP contribution >= 0.6 is 11.8 Å². The van der Waals surface area contributed by atoms with Crippen molar-refractivity contribution in [2.24, 2.45) is 5.92 Å². The molecule has 0 fully saturated rings. The van der Waals surface area contributed by atoms with Gasteiger partial charge in [0.05, 0.1) is 0 Å². The highest BCUT2D eigenvalue weighted by molar-refractivity contribution is 8.13. The summed E-state index contributed by atoms with van der Waals surface area (Å²) in [6.45, 7) is 8.38. The summed E-state index contributed by atoms with van der Waals surface area (Å²) >= 11 is 1.41. The zero-order valence-corrected chi connectivity index (χ0v) is 20.5. The topological polar surface area (TPSA) is 37.4 Å². The number of carbonyl (C=O) groups is 2. The number of thioether (sulfide) groups is 1. The quantitative estimate of drug-likeness (QED) is 0.258. The molecule has 0 spiro atoms. The smallest absolute Gasteiger partial charge is 0.220 e. The average Bonchev–Trinajstić information content (AvgIpc) is 2.72. The molecule has 0 saturated heterocycles. The van der Waals surface area contributed by atoms with Gasteiger partial charge < -0.3 is 4.90 Å². The first-order valence-electron chi connectivity index (χ1n) is 11.9. The molecule has 0 aliphatic carbocycles. The fraction of sp³-hybridized carbons (Fsp3) is 0.692. The molecule has 0 saturated carbocycles. The third kappa shape index (κ3) is 11.2. The summed E-state index contributed by atoms with van der Waals surface area (Å²) in [5.74, 6) is 0.922. The van der Waals surface area contributed by atoms with Crippen molar-refractivity contribution in [3.05, 3.63) is 35.9 Å². The molecule has 1 rings (SSSR count). The lowest BCUT2D eigenvalue weighted by Crippen LogP contribution is -2.46. The molecule has 0 N–H and O–H groups in total. The van der Waals surface area contributed by atoms with Gasteiger partial charge in [0.25, 0.3) is 0 Å². The van der Waals surface area contributed by atoms with Crippen LogP contribution in [0.1, 0.15) is 97.5 Å². The maximum absolute atomic E-state index is 13.0. The van der Waals surface area contributed by atoms with Gasteiger partial charge in [0.1, 0.15) is 6.04 Å². The zero-order valence-electron chi connectivity index (χ0n) is 19.7. The highest BCUT2D eigenvalue weighted by Gasteiger charge is 2.30. The zero-order chi connectivity index (χ0) is 22.2. The summed E-state index contributed by atoms with van der Waals surface area (Å²) in [4.78, 5) is 27.0. The van der Waals surface area contributed by atoms with Gasteiger partial charge in [0, 0.05) is 19.2 Å². The minimum Gasteiger partial charge on any atom is -0.327 e. The van der Waals surface area contributed by atoms with Gasteiger partial charge in [-0.2, -0.15) is 0 Å². The lowest BCUT2D eigenvalue weighted by Gasteiger charge is -2.32. The average molecular weight is 434 g/mol. The Balaban J connectivity index is 2.36. The molecule has 0 aromatic heterocycles. The fourth-order valence-corrected chi connectivity index (χ4v) is 4.91. The number of unbranched alkanes of at least 4 members (excludes halogenated alkanes) is 9. The molecule has 1 unspecified atom stereocenters. The van der Waals surface area contributed by atoms with E-state index < -0.39 is 0 Å². The SMILES string of the molecule is CCCCCCCCCCCCSC(=O)C(C(C)C)N(Cc1ccccc1)C(C)=O. The van der Waals surface area contributed by atoms with Crippen LogP contribution in [0.15, 0.2) is 30.3 Å². The molecular weight excluding hydrogens is 390 g/mol. The summed E-state index contributed by atoms with van der Waals surface area (Å²) in [6, 6.07) is 9.56. The van der Waals surface area contributed by atoms with Gasteiger partial charge in [-0.15, -0.1) is 0 Å². The van der Waals surface area contributed by atoms with Gasteiger partial charge in [0.15, 0.2) is 0 Å². The van der Waals surface area contributed by atoms with Crippen LogP contribution < -0.4 is 0 Å². The molecule has 3 nitrogen and oxygen atoms in total. The van der Waals surface area contributed by atoms with E-state index in [0.29, 0.717) is 6.54 Å². The van der Waals surface area contributed by atoms with Crippen molar-refractivity contribution in [2.45, 2.75) is 104 Å². The van der Waals surface area contributed by atoms with Gasteiger partial charge in [0.2, 0.25) is 11.0 Å². The number of hydrogen-bond donors (Lipinski definition) is 0. The summed E-state index contributed by atoms with van der Waals surface area (Å²) < 4.78 is 0. The Labute approximate surface area is 189 Å². The summed E-state index contributed by atoms with van der Waals surface area (Å²) in [5.41, 5.74) is 1.06. The molecule has 1 aromatic carbocycles. The van der Waals surface area contributed by atoms with Crippen LogP contribution in [-0.4, -0.2) is 27.7 Å². The van der Waals surface area contributed by atoms with E-state index in [1.54, 1.807) is 11.8 Å². The fourth-order valence-electron chi connectivity index (χ4n) is 3.79. The van der Waals surface area contributed by atoms with Crippen LogP contribution in [0.2, 0.25) is 0 Å². The second kappa shape index (κ2) is 16.4. The summed E-state index contributed by atoms with van der Waals surface area (Å²) in [7, 11) is 0. The number of carbonyl (C=O) groups excluding carboxylic acids is 2. The highest BCUT2D eigenvalue weighted by Crippen LogP contribution is 2.22. The van der Waals surface area contributed by atoms with Gasteiger partial charge in [-0.25, -0.2) is 0 Å². The highest BCUT2D eigenvalue weighted by atomic mass is 32.2. The molecule has 4 heteroatoms. The van der Waals surface area contributed by atoms with Gasteiger partial charge in [-0.3, -0.25) is 9.59 Å². The second-order valence-electron chi connectivity index (χ2n) is 8.67. The number of amides is 1. The molecule has 0 aliphatic rings. The number of hydrogen-bond acceptors (Lipinski definition) is 3. The molecule has 0 aliphatic heterocycles. The van der Waals surface area contributed by atoms with E-state index in [0.717, 1.165) is 17.7 Å². The Kier molecular flexibility index (Phi) is 14.6. The van der Waals surface area contributed by atoms with Crippen molar-refractivity contribution in [3.8, 4) is 0 Å². The van der Waals surface area contributed by atoms with Crippen molar-refractivity contribution in [2.75, 3.05) is 5.75 Å². The van der Waals surface area contributed by atoms with Crippen molar-refractivity contribution in [1.29, 1.82) is 0 Å². The first-order chi connectivity index (χ1) is 14.5. The van der Waals surface area contributed by atoms with Crippen LogP contribution in [0, 0.1) is 5.92 Å². The first kappa shape index (κ1) is 26.7. The predicted molar refractivity (Wildman–Crippen MR) is 131 cm³/mol. The maximum Gasteiger partial charge on any atom is 0.220 e. The Morgan fingerprint density at radius 1 is 0.867 bits per heavy atom. The third-order valence-electron chi connectivity index (χ3n) is 5.55. The molecule has 1 atom stereocenters. The minimum absolute atomic E-state index is 0.0366. The van der Waals surface area contributed by atoms with Crippen LogP contribution in [-0.2, 0) is 16.1 Å². The largest absolute Gasteiger partial charge is 0.327 e. The van der Waals surface area contributed by atoms with Crippen molar-refractivity contribution in [3.63, 3.8) is 0 Å². The third-order valence-corrected chi connectivity index (χ3v) is 6.57.